The molecule has 0 spiro atoms. The van der Waals surface area contributed by atoms with Crippen molar-refractivity contribution in [1.29, 1.82) is 0 Å². The van der Waals surface area contributed by atoms with Crippen LogP contribution in [0.4, 0.5) is 10.1 Å². The van der Waals surface area contributed by atoms with Crippen LogP contribution in [0.2, 0.25) is 0 Å². The third-order valence-electron chi connectivity index (χ3n) is 6.89. The number of aliphatic hydroxyl groups excluding tert-OH is 1. The molecule has 1 amide bonds. The minimum atomic E-state index is -0.851. The highest BCUT2D eigenvalue weighted by Crippen LogP contribution is 2.42. The van der Waals surface area contributed by atoms with Crippen LogP contribution in [0.1, 0.15) is 61.9 Å². The predicted octanol–water partition coefficient (Wildman–Crippen LogP) is 6.79. The number of amides is 1. The maximum atomic E-state index is 14.3. The van der Waals surface area contributed by atoms with Crippen molar-refractivity contribution >= 4 is 17.6 Å². The number of aromatic nitrogens is 1. The van der Waals surface area contributed by atoms with E-state index in [4.69, 9.17) is 11.6 Å². The first-order chi connectivity index (χ1) is 21.4. The number of anilines is 1. The van der Waals surface area contributed by atoms with E-state index >= 15 is 0 Å². The lowest BCUT2D eigenvalue weighted by molar-refractivity contribution is -0.160. The van der Waals surface area contributed by atoms with Crippen LogP contribution >= 0.6 is 0 Å². The van der Waals surface area contributed by atoms with Gasteiger partial charge in [0, 0.05) is 36.3 Å². The minimum absolute atomic E-state index is 0.0957. The summed E-state index contributed by atoms with van der Waals surface area (Å²) in [5.41, 5.74) is 1.83. The molecule has 1 aliphatic rings. The van der Waals surface area contributed by atoms with E-state index in [2.05, 4.69) is 5.32 Å². The summed E-state index contributed by atoms with van der Waals surface area (Å²) in [5.74, 6) is -1.90. The Morgan fingerprint density at radius 3 is 2.45 bits per heavy atom. The SMILES string of the molecule is [2H]c1c([2H])c([2H])c(-c2c(C(=O)Nc3ccccc3)c(C(C)C)n(CC[C@H]3C[C@H](O)CC(=O)O3)c2-c2ccc(F)cc2)c([2H])c1[2H]. The quantitative estimate of drug-likeness (QED) is 0.239. The summed E-state index contributed by atoms with van der Waals surface area (Å²) in [6, 6.07) is 11.5. The number of halogens is 1. The molecule has 0 saturated carbocycles. The molecule has 1 aromatic heterocycles. The average molecular weight is 546 g/mol. The van der Waals surface area contributed by atoms with Crippen LogP contribution in [0.3, 0.4) is 0 Å². The molecule has 4 aromatic rings. The number of ether oxygens (including phenoxy) is 1. The Hall–Kier alpha value is -4.23. The van der Waals surface area contributed by atoms with Crippen LogP contribution in [0.25, 0.3) is 22.4 Å². The van der Waals surface area contributed by atoms with Gasteiger partial charge in [-0.05, 0) is 53.4 Å². The Bertz CT molecular complexity index is 1730. The number of benzene rings is 3. The number of hydrogen-bond acceptors (Lipinski definition) is 4. The Balaban J connectivity index is 1.84. The molecule has 206 valence electrons. The number of nitrogens with one attached hydrogen (secondary N) is 1. The minimum Gasteiger partial charge on any atom is -0.462 e. The zero-order valence-electron chi connectivity index (χ0n) is 27.3. The van der Waals surface area contributed by atoms with Gasteiger partial charge in [-0.15, -0.1) is 0 Å². The highest BCUT2D eigenvalue weighted by molar-refractivity contribution is 6.12. The number of carbonyl (C=O) groups excluding carboxylic acids is 2. The molecule has 2 heterocycles. The molecule has 0 unspecified atom stereocenters. The van der Waals surface area contributed by atoms with Gasteiger partial charge in [-0.2, -0.15) is 0 Å². The zero-order chi connectivity index (χ0) is 32.6. The lowest BCUT2D eigenvalue weighted by Crippen LogP contribution is -2.33. The van der Waals surface area contributed by atoms with Gasteiger partial charge in [-0.3, -0.25) is 9.59 Å². The number of para-hydroxylation sites is 1. The van der Waals surface area contributed by atoms with Crippen LogP contribution in [-0.2, 0) is 16.1 Å². The molecule has 0 radical (unpaired) electrons. The van der Waals surface area contributed by atoms with E-state index in [-0.39, 0.29) is 48.4 Å². The van der Waals surface area contributed by atoms with Gasteiger partial charge in [0.25, 0.3) is 5.91 Å². The summed E-state index contributed by atoms with van der Waals surface area (Å²) >= 11 is 0. The standard InChI is InChI=1S/C33H33FN2O4/c1-21(2)31-30(33(39)35-25-11-7-4-8-12-25)29(22-9-5-3-6-10-22)32(23-13-15-24(34)16-14-23)36(31)18-17-27-19-26(37)20-28(38)40-27/h3-16,21,26-27,37H,17-20H2,1-2H3,(H,35,39)/t26-,27-/m0/s1/i3D,5D,6D,9D,10D. The summed E-state index contributed by atoms with van der Waals surface area (Å²) in [6.45, 7) is 3.92. The first-order valence-corrected chi connectivity index (χ1v) is 13.2. The fraction of sp³-hybridized carbons (Fsp3) is 0.273. The number of nitrogens with zero attached hydrogens (tertiary/aromatic N) is 1. The Morgan fingerprint density at radius 1 is 1.10 bits per heavy atom. The van der Waals surface area contributed by atoms with Gasteiger partial charge in [-0.25, -0.2) is 4.39 Å². The molecule has 2 N–H and O–H groups in total. The fourth-order valence-corrected chi connectivity index (χ4v) is 5.25. The monoisotopic (exact) mass is 545 g/mol. The normalized spacial score (nSPS) is 18.8. The Kier molecular flexibility index (Phi) is 6.41. The maximum absolute atomic E-state index is 14.3. The van der Waals surface area contributed by atoms with Gasteiger partial charge in [0.05, 0.1) is 30.6 Å². The van der Waals surface area contributed by atoms with Crippen LogP contribution in [-0.4, -0.2) is 33.8 Å². The molecule has 7 heteroatoms. The topological polar surface area (TPSA) is 80.6 Å². The molecule has 1 aliphatic heterocycles. The largest absolute Gasteiger partial charge is 0.462 e. The zero-order valence-corrected chi connectivity index (χ0v) is 22.3. The highest BCUT2D eigenvalue weighted by Gasteiger charge is 2.32. The molecule has 1 fully saturated rings. The summed E-state index contributed by atoms with van der Waals surface area (Å²) < 4.78 is 64.2. The smallest absolute Gasteiger partial charge is 0.308 e. The van der Waals surface area contributed by atoms with Gasteiger partial charge in [0.15, 0.2) is 0 Å². The summed E-state index contributed by atoms with van der Waals surface area (Å²) in [6.07, 6.45) is -1.08. The second kappa shape index (κ2) is 11.9. The van der Waals surface area contributed by atoms with Crippen molar-refractivity contribution in [2.45, 2.75) is 57.8 Å². The Morgan fingerprint density at radius 2 is 1.80 bits per heavy atom. The number of cyclic esters (lactones) is 1. The van der Waals surface area contributed by atoms with E-state index in [1.807, 2.05) is 18.4 Å². The van der Waals surface area contributed by atoms with Gasteiger partial charge >= 0.3 is 5.97 Å². The van der Waals surface area contributed by atoms with Gasteiger partial charge in [-0.1, -0.05) is 62.3 Å². The molecule has 2 atom stereocenters. The van der Waals surface area contributed by atoms with Crippen molar-refractivity contribution in [3.05, 3.63) is 102 Å². The molecule has 5 rings (SSSR count). The number of hydrogen-bond donors (Lipinski definition) is 2. The van der Waals surface area contributed by atoms with Crippen LogP contribution in [0, 0.1) is 5.82 Å². The maximum Gasteiger partial charge on any atom is 0.308 e. The second-order valence-corrected chi connectivity index (χ2v) is 10.1. The van der Waals surface area contributed by atoms with Crippen LogP contribution in [0.15, 0.2) is 84.8 Å². The van der Waals surface area contributed by atoms with Gasteiger partial charge in [0.2, 0.25) is 0 Å². The predicted molar refractivity (Wildman–Crippen MR) is 153 cm³/mol. The molecular weight excluding hydrogens is 507 g/mol. The highest BCUT2D eigenvalue weighted by atomic mass is 19.1. The summed E-state index contributed by atoms with van der Waals surface area (Å²) in [4.78, 5) is 26.4. The van der Waals surface area contributed by atoms with E-state index in [9.17, 15) is 19.1 Å². The molecule has 0 aliphatic carbocycles. The molecule has 0 bridgehead atoms. The second-order valence-electron chi connectivity index (χ2n) is 10.1. The van der Waals surface area contributed by atoms with Crippen LogP contribution in [0.5, 0.6) is 0 Å². The van der Waals surface area contributed by atoms with Crippen molar-refractivity contribution in [2.24, 2.45) is 0 Å². The molecular formula is C33H33FN2O4. The molecule has 1 saturated heterocycles. The number of rotatable bonds is 8. The van der Waals surface area contributed by atoms with Crippen molar-refractivity contribution in [1.82, 2.24) is 4.57 Å². The van der Waals surface area contributed by atoms with Crippen molar-refractivity contribution in [3.8, 4) is 22.4 Å². The Labute approximate surface area is 240 Å². The molecule has 3 aromatic carbocycles. The van der Waals surface area contributed by atoms with Crippen molar-refractivity contribution in [2.75, 3.05) is 5.32 Å². The van der Waals surface area contributed by atoms with E-state index in [1.54, 1.807) is 30.3 Å². The third-order valence-corrected chi connectivity index (χ3v) is 6.89. The summed E-state index contributed by atoms with van der Waals surface area (Å²) in [5, 5.41) is 13.1. The fourth-order valence-electron chi connectivity index (χ4n) is 5.25. The van der Waals surface area contributed by atoms with Gasteiger partial charge in [0.1, 0.15) is 11.9 Å². The van der Waals surface area contributed by atoms with Gasteiger partial charge < -0.3 is 19.7 Å². The number of esters is 1. The average Bonchev–Trinajstić information content (AvgIpc) is 3.33. The lowest BCUT2D eigenvalue weighted by atomic mass is 9.94. The van der Waals surface area contributed by atoms with E-state index in [0.717, 1.165) is 0 Å². The lowest BCUT2D eigenvalue weighted by Gasteiger charge is -2.27. The van der Waals surface area contributed by atoms with E-state index < -0.39 is 60.1 Å². The number of aliphatic hydroxyl groups is 1. The van der Waals surface area contributed by atoms with E-state index in [1.165, 1.54) is 24.3 Å². The number of carbonyl (C=O) groups is 2. The molecule has 40 heavy (non-hydrogen) atoms. The first-order valence-electron chi connectivity index (χ1n) is 15.7. The van der Waals surface area contributed by atoms with Crippen molar-refractivity contribution in [3.63, 3.8) is 0 Å². The molecule has 6 nitrogen and oxygen atoms in total. The first kappa shape index (κ1) is 21.6. The summed E-state index contributed by atoms with van der Waals surface area (Å²) in [7, 11) is 0. The third kappa shape index (κ3) is 5.84. The van der Waals surface area contributed by atoms with Crippen LogP contribution < -0.4 is 5.32 Å². The van der Waals surface area contributed by atoms with E-state index in [0.29, 0.717) is 22.6 Å². The van der Waals surface area contributed by atoms with Crippen molar-refractivity contribution < 1.29 is 30.7 Å².